The van der Waals surface area contributed by atoms with Crippen molar-refractivity contribution in [3.63, 3.8) is 0 Å². The van der Waals surface area contributed by atoms with Gasteiger partial charge >= 0.3 is 5.97 Å². The first-order chi connectivity index (χ1) is 13.9. The minimum absolute atomic E-state index is 0.0824. The Bertz CT molecular complexity index is 1180. The van der Waals surface area contributed by atoms with Gasteiger partial charge in [0, 0.05) is 28.5 Å². The fourth-order valence-corrected chi connectivity index (χ4v) is 3.72. The van der Waals surface area contributed by atoms with Gasteiger partial charge in [0.1, 0.15) is 5.82 Å². The molecule has 0 amide bonds. The highest BCUT2D eigenvalue weighted by atomic mass is 79.9. The Kier molecular flexibility index (Phi) is 5.19. The number of carboxylic acids is 1. The fourth-order valence-electron chi connectivity index (χ4n) is 3.37. The summed E-state index contributed by atoms with van der Waals surface area (Å²) in [5.74, 6) is -0.00340. The van der Waals surface area contributed by atoms with Crippen LogP contribution in [0.2, 0.25) is 0 Å². The van der Waals surface area contributed by atoms with Crippen molar-refractivity contribution in [1.82, 2.24) is 24.1 Å². The van der Waals surface area contributed by atoms with Crippen molar-refractivity contribution in [1.29, 1.82) is 0 Å². The summed E-state index contributed by atoms with van der Waals surface area (Å²) in [7, 11) is 0. The molecule has 0 radical (unpaired) electrons. The molecule has 3 aromatic heterocycles. The molecule has 4 aromatic rings. The van der Waals surface area contributed by atoms with Gasteiger partial charge in [-0.05, 0) is 44.2 Å². The van der Waals surface area contributed by atoms with E-state index in [-0.39, 0.29) is 12.5 Å². The third-order valence-corrected chi connectivity index (χ3v) is 5.11. The van der Waals surface area contributed by atoms with E-state index in [0.717, 1.165) is 32.6 Å². The molecule has 0 fully saturated rings. The number of carbonyl (C=O) groups is 1. The summed E-state index contributed by atoms with van der Waals surface area (Å²) in [5, 5.41) is 8.86. The highest BCUT2D eigenvalue weighted by Crippen LogP contribution is 2.29. The zero-order valence-corrected chi connectivity index (χ0v) is 17.7. The smallest absolute Gasteiger partial charge is 0.309 e. The molecule has 7 nitrogen and oxygen atoms in total. The van der Waals surface area contributed by atoms with Gasteiger partial charge in [0.05, 0.1) is 41.7 Å². The minimum atomic E-state index is -0.891. The van der Waals surface area contributed by atoms with Crippen LogP contribution in [0.3, 0.4) is 0 Å². The number of aromatic nitrogens is 5. The molecular formula is C21H20BrN5O2. The lowest BCUT2D eigenvalue weighted by Gasteiger charge is -2.13. The Hall–Kier alpha value is -3.00. The van der Waals surface area contributed by atoms with E-state index in [1.165, 1.54) is 0 Å². The molecule has 1 N–H and O–H groups in total. The second-order valence-corrected chi connectivity index (χ2v) is 8.09. The predicted molar refractivity (Wildman–Crippen MR) is 114 cm³/mol. The largest absolute Gasteiger partial charge is 0.481 e. The summed E-state index contributed by atoms with van der Waals surface area (Å²) >= 11 is 3.54. The maximum atomic E-state index is 10.8. The lowest BCUT2D eigenvalue weighted by molar-refractivity contribution is -0.136. The number of fused-ring (bicyclic) bond motifs is 1. The Morgan fingerprint density at radius 3 is 2.69 bits per heavy atom. The first-order valence-corrected chi connectivity index (χ1v) is 10.1. The fraction of sp³-hybridized carbons (Fsp3) is 0.238. The van der Waals surface area contributed by atoms with Crippen LogP contribution >= 0.6 is 15.9 Å². The number of imidazole rings is 2. The van der Waals surface area contributed by atoms with E-state index >= 15 is 0 Å². The van der Waals surface area contributed by atoms with Crippen LogP contribution < -0.4 is 0 Å². The summed E-state index contributed by atoms with van der Waals surface area (Å²) in [6, 6.07) is 10.3. The van der Waals surface area contributed by atoms with E-state index < -0.39 is 5.97 Å². The first kappa shape index (κ1) is 19.3. The second kappa shape index (κ2) is 7.79. The number of aliphatic carboxylic acids is 1. The Labute approximate surface area is 176 Å². The molecule has 0 saturated heterocycles. The van der Waals surface area contributed by atoms with Crippen LogP contribution in [0.25, 0.3) is 22.4 Å². The van der Waals surface area contributed by atoms with Crippen molar-refractivity contribution in [3.05, 3.63) is 64.9 Å². The molecule has 0 aliphatic carbocycles. The lowest BCUT2D eigenvalue weighted by Crippen LogP contribution is -2.04. The number of pyridine rings is 1. The van der Waals surface area contributed by atoms with Gasteiger partial charge in [-0.25, -0.2) is 9.97 Å². The van der Waals surface area contributed by atoms with E-state index in [1.807, 2.05) is 35.0 Å². The van der Waals surface area contributed by atoms with E-state index in [0.29, 0.717) is 12.2 Å². The molecule has 29 heavy (non-hydrogen) atoms. The number of hydrogen-bond donors (Lipinski definition) is 1. The lowest BCUT2D eigenvalue weighted by atomic mass is 10.2. The predicted octanol–water partition coefficient (Wildman–Crippen LogP) is 4.31. The molecule has 148 valence electrons. The molecule has 8 heteroatoms. The maximum Gasteiger partial charge on any atom is 0.309 e. The molecule has 0 aliphatic rings. The molecular weight excluding hydrogens is 434 g/mol. The average molecular weight is 454 g/mol. The Balaban J connectivity index is 1.62. The number of halogens is 1. The molecule has 0 bridgehead atoms. The monoisotopic (exact) mass is 453 g/mol. The van der Waals surface area contributed by atoms with Gasteiger partial charge < -0.3 is 14.2 Å². The summed E-state index contributed by atoms with van der Waals surface area (Å²) in [5.41, 5.74) is 4.38. The number of nitrogens with zero attached hydrogens (tertiary/aromatic N) is 5. The standard InChI is InChI=1S/C21H20BrN5O2/c1-13(2)27-19-7-15(22)4-6-18(19)25-21(27)14-3-5-16(23-9-14)10-26-11-17(24-12-26)8-20(28)29/h3-7,9,11-13H,8,10H2,1-2H3,(H,28,29). The van der Waals surface area contributed by atoms with Gasteiger partial charge in [-0.2, -0.15) is 0 Å². The number of rotatable bonds is 6. The number of benzene rings is 1. The molecule has 3 heterocycles. The third-order valence-electron chi connectivity index (χ3n) is 4.61. The van der Waals surface area contributed by atoms with Crippen LogP contribution in [0.15, 0.2) is 53.5 Å². The first-order valence-electron chi connectivity index (χ1n) is 9.26. The summed E-state index contributed by atoms with van der Waals surface area (Å²) < 4.78 is 5.07. The minimum Gasteiger partial charge on any atom is -0.481 e. The summed E-state index contributed by atoms with van der Waals surface area (Å²) in [6.07, 6.45) is 5.12. The van der Waals surface area contributed by atoms with Gasteiger partial charge in [-0.3, -0.25) is 9.78 Å². The van der Waals surface area contributed by atoms with Gasteiger partial charge in [-0.1, -0.05) is 15.9 Å². The van der Waals surface area contributed by atoms with Crippen LogP contribution in [0, 0.1) is 0 Å². The second-order valence-electron chi connectivity index (χ2n) is 7.18. The van der Waals surface area contributed by atoms with E-state index in [9.17, 15) is 4.79 Å². The average Bonchev–Trinajstić information content (AvgIpc) is 3.25. The zero-order valence-electron chi connectivity index (χ0n) is 16.1. The van der Waals surface area contributed by atoms with Gasteiger partial charge in [0.2, 0.25) is 0 Å². The molecule has 0 atom stereocenters. The SMILES string of the molecule is CC(C)n1c(-c2ccc(Cn3cnc(CC(=O)O)c3)nc2)nc2ccc(Br)cc21. The van der Waals surface area contributed by atoms with Crippen LogP contribution in [0.5, 0.6) is 0 Å². The van der Waals surface area contributed by atoms with Crippen molar-refractivity contribution in [2.45, 2.75) is 32.9 Å². The molecule has 0 unspecified atom stereocenters. The van der Waals surface area contributed by atoms with Gasteiger partial charge in [-0.15, -0.1) is 0 Å². The normalized spacial score (nSPS) is 11.4. The van der Waals surface area contributed by atoms with E-state index in [1.54, 1.807) is 12.5 Å². The molecule has 0 saturated carbocycles. The number of carboxylic acid groups (broad SMARTS) is 1. The maximum absolute atomic E-state index is 10.8. The van der Waals surface area contributed by atoms with E-state index in [4.69, 9.17) is 10.1 Å². The molecule has 0 aliphatic heterocycles. The van der Waals surface area contributed by atoms with Crippen LogP contribution in [0.4, 0.5) is 0 Å². The highest BCUT2D eigenvalue weighted by Gasteiger charge is 2.15. The Morgan fingerprint density at radius 1 is 1.17 bits per heavy atom. The van der Waals surface area contributed by atoms with Crippen molar-refractivity contribution in [3.8, 4) is 11.4 Å². The van der Waals surface area contributed by atoms with Crippen molar-refractivity contribution < 1.29 is 9.90 Å². The van der Waals surface area contributed by atoms with Crippen molar-refractivity contribution >= 4 is 32.9 Å². The van der Waals surface area contributed by atoms with E-state index in [2.05, 4.69) is 50.4 Å². The topological polar surface area (TPSA) is 85.8 Å². The van der Waals surface area contributed by atoms with Gasteiger partial charge in [0.25, 0.3) is 0 Å². The zero-order chi connectivity index (χ0) is 20.5. The molecule has 0 spiro atoms. The highest BCUT2D eigenvalue weighted by molar-refractivity contribution is 9.10. The van der Waals surface area contributed by atoms with Crippen molar-refractivity contribution in [2.24, 2.45) is 0 Å². The summed E-state index contributed by atoms with van der Waals surface area (Å²) in [6.45, 7) is 4.81. The number of hydrogen-bond acceptors (Lipinski definition) is 4. The molecule has 4 rings (SSSR count). The molecule has 1 aromatic carbocycles. The van der Waals surface area contributed by atoms with Crippen LogP contribution in [0.1, 0.15) is 31.3 Å². The van der Waals surface area contributed by atoms with Crippen molar-refractivity contribution in [2.75, 3.05) is 0 Å². The van der Waals surface area contributed by atoms with Crippen LogP contribution in [-0.4, -0.2) is 35.2 Å². The Morgan fingerprint density at radius 2 is 2.00 bits per heavy atom. The summed E-state index contributed by atoms with van der Waals surface area (Å²) in [4.78, 5) is 24.3. The van der Waals surface area contributed by atoms with Crippen LogP contribution in [-0.2, 0) is 17.8 Å². The van der Waals surface area contributed by atoms with Gasteiger partial charge in [0.15, 0.2) is 0 Å². The third kappa shape index (κ3) is 4.07. The quantitative estimate of drug-likeness (QED) is 0.469.